The molecule has 0 amide bonds. The molecule has 2 aromatic carbocycles. The van der Waals surface area contributed by atoms with Gasteiger partial charge in [0.1, 0.15) is 0 Å². The van der Waals surface area contributed by atoms with Gasteiger partial charge in [-0.3, -0.25) is 0 Å². The topological polar surface area (TPSA) is 66.4 Å². The monoisotopic (exact) mass is 428 g/mol. The lowest BCUT2D eigenvalue weighted by atomic mass is 9.70. The molecule has 4 rings (SSSR count). The number of rotatable bonds is 4. The molecule has 168 valence electrons. The van der Waals surface area contributed by atoms with Crippen LogP contribution in [0.1, 0.15) is 31.9 Å². The molecule has 2 aromatic rings. The van der Waals surface area contributed by atoms with Gasteiger partial charge in [0, 0.05) is 5.92 Å². The van der Waals surface area contributed by atoms with Crippen LogP contribution in [-0.4, -0.2) is 44.9 Å². The zero-order valence-electron chi connectivity index (χ0n) is 19.4. The normalized spacial score (nSPS) is 26.1. The van der Waals surface area contributed by atoms with E-state index in [2.05, 4.69) is 13.8 Å². The molecule has 1 saturated heterocycles. The minimum Gasteiger partial charge on any atom is -0.493 e. The quantitative estimate of drug-likeness (QED) is 0.786. The molecule has 1 aliphatic heterocycles. The Balaban J connectivity index is 2.01. The minimum absolute atomic E-state index is 0.0828. The van der Waals surface area contributed by atoms with Crippen LogP contribution >= 0.6 is 0 Å². The maximum absolute atomic E-state index is 11.2. The largest absolute Gasteiger partial charge is 0.493 e. The number of ether oxygens (including phenoxy) is 5. The third-order valence-electron chi connectivity index (χ3n) is 6.92. The van der Waals surface area contributed by atoms with Crippen LogP contribution in [0, 0.1) is 11.8 Å². The standard InChI is InChI=1S/C25H32O6/c1-24(2)18-8-14-10-20(27-4)22(29-6)12-16(14)17-13-23(30-7)21(28-5)11-15(17)9-19(18)25(3,26)31-24/h10-13,18-19,26H,8-9H2,1-7H3/t18-,19-,25-/m1/s1. The molecule has 0 bridgehead atoms. The zero-order chi connectivity index (χ0) is 22.6. The van der Waals surface area contributed by atoms with E-state index in [-0.39, 0.29) is 11.8 Å². The number of methoxy groups -OCH3 is 4. The summed E-state index contributed by atoms with van der Waals surface area (Å²) in [6.45, 7) is 5.89. The lowest BCUT2D eigenvalue weighted by Crippen LogP contribution is -2.36. The van der Waals surface area contributed by atoms with Gasteiger partial charge in [0.05, 0.1) is 34.0 Å². The van der Waals surface area contributed by atoms with Gasteiger partial charge in [-0.25, -0.2) is 0 Å². The molecule has 0 radical (unpaired) electrons. The van der Waals surface area contributed by atoms with E-state index < -0.39 is 11.4 Å². The highest BCUT2D eigenvalue weighted by molar-refractivity contribution is 5.77. The van der Waals surface area contributed by atoms with Crippen molar-refractivity contribution in [2.45, 2.75) is 45.0 Å². The highest BCUT2D eigenvalue weighted by atomic mass is 16.6. The molecule has 31 heavy (non-hydrogen) atoms. The smallest absolute Gasteiger partial charge is 0.166 e. The molecule has 1 aliphatic carbocycles. The van der Waals surface area contributed by atoms with E-state index in [0.717, 1.165) is 28.7 Å². The average molecular weight is 429 g/mol. The second kappa shape index (κ2) is 7.61. The van der Waals surface area contributed by atoms with Crippen molar-refractivity contribution >= 4 is 0 Å². The van der Waals surface area contributed by atoms with Crippen molar-refractivity contribution in [1.82, 2.24) is 0 Å². The number of hydrogen-bond donors (Lipinski definition) is 1. The Morgan fingerprint density at radius 2 is 1.10 bits per heavy atom. The fraction of sp³-hybridized carbons (Fsp3) is 0.520. The second-order valence-corrected chi connectivity index (χ2v) is 9.11. The van der Waals surface area contributed by atoms with Crippen LogP contribution in [0.15, 0.2) is 24.3 Å². The molecule has 1 fully saturated rings. The van der Waals surface area contributed by atoms with Crippen molar-refractivity contribution in [3.8, 4) is 34.1 Å². The van der Waals surface area contributed by atoms with Crippen molar-refractivity contribution in [1.29, 1.82) is 0 Å². The Bertz CT molecular complexity index is 914. The molecule has 6 heteroatoms. The van der Waals surface area contributed by atoms with Crippen molar-refractivity contribution in [2.75, 3.05) is 28.4 Å². The summed E-state index contributed by atoms with van der Waals surface area (Å²) >= 11 is 0. The Morgan fingerprint density at radius 1 is 0.710 bits per heavy atom. The molecular weight excluding hydrogens is 396 g/mol. The molecule has 0 saturated carbocycles. The van der Waals surface area contributed by atoms with Gasteiger partial charge < -0.3 is 28.8 Å². The number of aliphatic hydroxyl groups is 1. The van der Waals surface area contributed by atoms with Gasteiger partial charge in [-0.1, -0.05) is 0 Å². The first-order valence-electron chi connectivity index (χ1n) is 10.6. The maximum atomic E-state index is 11.2. The highest BCUT2D eigenvalue weighted by Gasteiger charge is 2.55. The zero-order valence-corrected chi connectivity index (χ0v) is 19.4. The van der Waals surface area contributed by atoms with Crippen molar-refractivity contribution in [3.05, 3.63) is 35.4 Å². The van der Waals surface area contributed by atoms with Gasteiger partial charge >= 0.3 is 0 Å². The molecule has 3 atom stereocenters. The fourth-order valence-electron chi connectivity index (χ4n) is 5.42. The van der Waals surface area contributed by atoms with E-state index in [0.29, 0.717) is 29.4 Å². The summed E-state index contributed by atoms with van der Waals surface area (Å²) in [7, 11) is 6.56. The lowest BCUT2D eigenvalue weighted by Gasteiger charge is -2.33. The lowest BCUT2D eigenvalue weighted by molar-refractivity contribution is -0.218. The minimum atomic E-state index is -1.23. The third kappa shape index (κ3) is 3.52. The van der Waals surface area contributed by atoms with Crippen LogP contribution in [0.4, 0.5) is 0 Å². The van der Waals surface area contributed by atoms with E-state index >= 15 is 0 Å². The molecule has 2 aliphatic rings. The summed E-state index contributed by atoms with van der Waals surface area (Å²) < 4.78 is 28.6. The van der Waals surface area contributed by atoms with Gasteiger partial charge in [-0.15, -0.1) is 0 Å². The number of fused-ring (bicyclic) bond motifs is 4. The van der Waals surface area contributed by atoms with Crippen molar-refractivity contribution in [3.63, 3.8) is 0 Å². The predicted molar refractivity (Wildman–Crippen MR) is 118 cm³/mol. The number of hydrogen-bond acceptors (Lipinski definition) is 6. The molecule has 0 aromatic heterocycles. The van der Waals surface area contributed by atoms with Gasteiger partial charge in [0.2, 0.25) is 0 Å². The van der Waals surface area contributed by atoms with Crippen LogP contribution in [0.25, 0.3) is 11.1 Å². The molecule has 1 N–H and O–H groups in total. The van der Waals surface area contributed by atoms with Crippen molar-refractivity contribution < 1.29 is 28.8 Å². The average Bonchev–Trinajstić information content (AvgIpc) is 2.89. The summed E-state index contributed by atoms with van der Waals surface area (Å²) in [5.74, 6) is 1.48. The predicted octanol–water partition coefficient (Wildman–Crippen LogP) is 4.24. The van der Waals surface area contributed by atoms with E-state index in [1.54, 1.807) is 35.4 Å². The first-order chi connectivity index (χ1) is 14.6. The molecule has 0 spiro atoms. The SMILES string of the molecule is COc1cc2c(cc1OC)-c1cc(OC)c(OC)cc1C[C@@H]1[C@@H](C2)C(C)(C)O[C@@]1(C)O. The van der Waals surface area contributed by atoms with Gasteiger partial charge in [0.25, 0.3) is 0 Å². The van der Waals surface area contributed by atoms with Gasteiger partial charge in [-0.2, -0.15) is 0 Å². The van der Waals surface area contributed by atoms with Crippen LogP contribution in [0.3, 0.4) is 0 Å². The van der Waals surface area contributed by atoms with Crippen LogP contribution < -0.4 is 18.9 Å². The first-order valence-corrected chi connectivity index (χ1v) is 10.6. The molecule has 1 heterocycles. The van der Waals surface area contributed by atoms with Crippen LogP contribution in [-0.2, 0) is 17.6 Å². The second-order valence-electron chi connectivity index (χ2n) is 9.11. The Morgan fingerprint density at radius 3 is 1.52 bits per heavy atom. The van der Waals surface area contributed by atoms with Gasteiger partial charge in [-0.05, 0) is 86.1 Å². The van der Waals surface area contributed by atoms with Crippen molar-refractivity contribution in [2.24, 2.45) is 11.8 Å². The van der Waals surface area contributed by atoms with E-state index in [9.17, 15) is 5.11 Å². The molecule has 0 unspecified atom stereocenters. The summed E-state index contributed by atoms with van der Waals surface area (Å²) in [6.07, 6.45) is 1.40. The molecule has 6 nitrogen and oxygen atoms in total. The van der Waals surface area contributed by atoms with E-state index in [4.69, 9.17) is 23.7 Å². The Labute approximate surface area is 184 Å². The summed E-state index contributed by atoms with van der Waals surface area (Å²) in [6, 6.07) is 8.09. The Hall–Kier alpha value is -2.44. The number of benzene rings is 2. The van der Waals surface area contributed by atoms with E-state index in [1.165, 1.54) is 0 Å². The summed E-state index contributed by atoms with van der Waals surface area (Å²) in [5.41, 5.74) is 3.81. The third-order valence-corrected chi connectivity index (χ3v) is 6.92. The summed E-state index contributed by atoms with van der Waals surface area (Å²) in [4.78, 5) is 0. The first kappa shape index (κ1) is 21.8. The maximum Gasteiger partial charge on any atom is 0.166 e. The van der Waals surface area contributed by atoms with E-state index in [1.807, 2.05) is 24.3 Å². The molecular formula is C25H32O6. The highest BCUT2D eigenvalue weighted by Crippen LogP contribution is 2.53. The summed E-state index contributed by atoms with van der Waals surface area (Å²) in [5, 5.41) is 11.2. The Kier molecular flexibility index (Phi) is 5.34. The van der Waals surface area contributed by atoms with Gasteiger partial charge in [0.15, 0.2) is 28.8 Å². The fourth-order valence-corrected chi connectivity index (χ4v) is 5.42. The van der Waals surface area contributed by atoms with Crippen LogP contribution in [0.5, 0.6) is 23.0 Å². The van der Waals surface area contributed by atoms with Crippen LogP contribution in [0.2, 0.25) is 0 Å².